The van der Waals surface area contributed by atoms with Gasteiger partial charge in [0.05, 0.1) is 92.9 Å². The number of allylic oxidation sites excluding steroid dienone is 1. The van der Waals surface area contributed by atoms with Gasteiger partial charge in [-0.25, -0.2) is 15.0 Å². The molecular formula is C73H72N10O7. The maximum absolute atomic E-state index is 12.4. The van der Waals surface area contributed by atoms with Crippen LogP contribution in [0.15, 0.2) is 154 Å². The van der Waals surface area contributed by atoms with E-state index in [4.69, 9.17) is 43.4 Å². The second kappa shape index (κ2) is 24.7. The molecule has 14 rings (SSSR count). The van der Waals surface area contributed by atoms with E-state index in [1.165, 1.54) is 11.1 Å². The molecule has 6 aromatic heterocycles. The fourth-order valence-electron chi connectivity index (χ4n) is 11.1. The van der Waals surface area contributed by atoms with E-state index in [2.05, 4.69) is 113 Å². The predicted octanol–water partition coefficient (Wildman–Crippen LogP) is 9.02. The van der Waals surface area contributed by atoms with Crippen LogP contribution in [0.5, 0.6) is 23.0 Å². The number of aryl methyl sites for hydroxylation is 6. The van der Waals surface area contributed by atoms with Gasteiger partial charge in [-0.15, -0.1) is 0 Å². The molecular weight excluding hydrogens is 1130 g/mol. The number of para-hydroxylation sites is 2. The van der Waals surface area contributed by atoms with Crippen LogP contribution >= 0.6 is 0 Å². The van der Waals surface area contributed by atoms with Crippen LogP contribution in [0.3, 0.4) is 0 Å². The molecule has 0 bridgehead atoms. The molecule has 10 aromatic rings. The van der Waals surface area contributed by atoms with E-state index in [0.717, 1.165) is 156 Å². The van der Waals surface area contributed by atoms with Crippen LogP contribution in [0.25, 0.3) is 52.7 Å². The molecule has 4 aromatic carbocycles. The summed E-state index contributed by atoms with van der Waals surface area (Å²) in [7, 11) is 4.99. The lowest BCUT2D eigenvalue weighted by atomic mass is 9.98. The summed E-state index contributed by atoms with van der Waals surface area (Å²) < 4.78 is 35.0. The fourth-order valence-corrected chi connectivity index (χ4v) is 11.1. The number of aromatic amines is 5. The molecule has 0 fully saturated rings. The third-order valence-electron chi connectivity index (χ3n) is 15.7. The first-order valence-corrected chi connectivity index (χ1v) is 29.7. The minimum absolute atomic E-state index is 0.113. The number of rotatable bonds is 11. The number of carbonyl (C=O) groups excluding carboxylic acids is 1. The van der Waals surface area contributed by atoms with Crippen LogP contribution in [-0.4, -0.2) is 69.3 Å². The number of nitrogens with one attached hydrogen (secondary N) is 6. The van der Waals surface area contributed by atoms with Crippen molar-refractivity contribution in [2.24, 2.45) is 20.4 Å². The molecule has 10 heterocycles. The first kappa shape index (κ1) is 59.4. The number of hydrogen-bond acceptors (Lipinski definition) is 11. The lowest BCUT2D eigenvalue weighted by Crippen LogP contribution is -2.24. The standard InChI is InChI=1S/C26H24N4O.C26H29N3O3.C21H19N3O3/c1-16-12-17(2)27-22(16)14-25-24(28-19-8-10-20(31-3)11-9-19)15-26(30-25)23-13-18-6-4-5-7-21(18)29-23;1-16-11-17(2)27-19(16)13-21-24(31-6)14-20(28-21)23-12-18-9-7-8-10-22(18)29(23)15-32-25(30)26(3,4)5;1-11-4-12(2)22-14(11)7-18-19(25-3)9-17(24-18)16-5-13-6-20-21(27-10-26-20)8-15(13)23-16/h4-15,27-28,30H,1-3H3;7-14,27H,15H2,1-6H3;4-9,22,24H,10H2,1-3H3/b25-14-,26-23?;21-13-;17-16?,18-7-. The lowest BCUT2D eigenvalue weighted by Gasteiger charge is -2.18. The van der Waals surface area contributed by atoms with Gasteiger partial charge in [-0.3, -0.25) is 4.79 Å². The normalized spacial score (nSPS) is 15.6. The van der Waals surface area contributed by atoms with Crippen LogP contribution in [0.1, 0.15) is 77.3 Å². The highest BCUT2D eigenvalue weighted by molar-refractivity contribution is 6.13. The molecule has 17 nitrogen and oxygen atoms in total. The smallest absolute Gasteiger partial charge is 0.312 e. The largest absolute Gasteiger partial charge is 0.497 e. The molecule has 6 N–H and O–H groups in total. The molecule has 0 spiro atoms. The Balaban J connectivity index is 0.000000131. The van der Waals surface area contributed by atoms with Crippen molar-refractivity contribution in [2.45, 2.75) is 69.0 Å². The summed E-state index contributed by atoms with van der Waals surface area (Å²) in [6, 6.07) is 40.5. The van der Waals surface area contributed by atoms with Crippen LogP contribution in [0, 0.1) is 47.0 Å². The summed E-state index contributed by atoms with van der Waals surface area (Å²) >= 11 is 0. The monoisotopic (exact) mass is 1200 g/mol. The summed E-state index contributed by atoms with van der Waals surface area (Å²) in [4.78, 5) is 44.0. The minimum Gasteiger partial charge on any atom is -0.497 e. The predicted molar refractivity (Wildman–Crippen MR) is 354 cm³/mol. The number of aliphatic imine (C=N–C) groups is 1. The third-order valence-corrected chi connectivity index (χ3v) is 15.7. The van der Waals surface area contributed by atoms with Crippen molar-refractivity contribution in [2.75, 3.05) is 33.4 Å². The minimum atomic E-state index is -0.570. The summed E-state index contributed by atoms with van der Waals surface area (Å²) in [5, 5.41) is 12.4. The summed E-state index contributed by atoms with van der Waals surface area (Å²) in [5.41, 5.74) is 16.6. The Morgan fingerprint density at radius 1 is 0.600 bits per heavy atom. The second-order valence-electron chi connectivity index (χ2n) is 23.6. The van der Waals surface area contributed by atoms with Crippen molar-refractivity contribution < 1.29 is 33.2 Å². The molecule has 0 amide bonds. The average Bonchev–Trinajstić information content (AvgIpc) is 2.18. The van der Waals surface area contributed by atoms with Gasteiger partial charge in [0.25, 0.3) is 0 Å². The van der Waals surface area contributed by atoms with E-state index >= 15 is 0 Å². The molecule has 0 radical (unpaired) electrons. The van der Waals surface area contributed by atoms with Gasteiger partial charge in [0.2, 0.25) is 6.79 Å². The first-order valence-electron chi connectivity index (χ1n) is 29.7. The zero-order valence-electron chi connectivity index (χ0n) is 52.6. The Hall–Kier alpha value is -10.9. The number of H-pyrrole nitrogens is 5. The van der Waals surface area contributed by atoms with Crippen molar-refractivity contribution in [1.29, 1.82) is 0 Å². The molecule has 17 heteroatoms. The highest BCUT2D eigenvalue weighted by Crippen LogP contribution is 2.31. The van der Waals surface area contributed by atoms with Crippen molar-refractivity contribution in [3.8, 4) is 23.0 Å². The number of benzene rings is 4. The second-order valence-corrected chi connectivity index (χ2v) is 23.6. The number of ether oxygens (including phenoxy) is 6. The van der Waals surface area contributed by atoms with E-state index in [-0.39, 0.29) is 19.5 Å². The van der Waals surface area contributed by atoms with Gasteiger partial charge in [0.1, 0.15) is 23.0 Å². The fraction of sp³-hybridized carbons (Fsp3) is 0.205. The zero-order valence-corrected chi connectivity index (χ0v) is 52.6. The van der Waals surface area contributed by atoms with E-state index in [1.54, 1.807) is 21.3 Å². The van der Waals surface area contributed by atoms with Gasteiger partial charge in [-0.2, -0.15) is 0 Å². The van der Waals surface area contributed by atoms with Gasteiger partial charge >= 0.3 is 5.97 Å². The number of esters is 1. The van der Waals surface area contributed by atoms with Crippen LogP contribution in [0.4, 0.5) is 11.4 Å². The van der Waals surface area contributed by atoms with Gasteiger partial charge < -0.3 is 63.2 Å². The van der Waals surface area contributed by atoms with Crippen LogP contribution < -0.4 is 66.8 Å². The van der Waals surface area contributed by atoms with Crippen molar-refractivity contribution in [1.82, 2.24) is 29.5 Å². The summed E-state index contributed by atoms with van der Waals surface area (Å²) in [6.07, 6.45) is 12.3. The quantitative estimate of drug-likeness (QED) is 0.0688. The zero-order chi connectivity index (χ0) is 63.0. The molecule has 0 atom stereocenters. The van der Waals surface area contributed by atoms with E-state index in [0.29, 0.717) is 5.76 Å². The number of methoxy groups -OCH3 is 3. The Morgan fingerprint density at radius 2 is 1.20 bits per heavy atom. The lowest BCUT2D eigenvalue weighted by molar-refractivity contribution is -0.156. The maximum Gasteiger partial charge on any atom is 0.312 e. The van der Waals surface area contributed by atoms with Gasteiger partial charge in [-0.1, -0.05) is 36.4 Å². The number of aromatic nitrogens is 6. The average molecular weight is 1200 g/mol. The van der Waals surface area contributed by atoms with Crippen molar-refractivity contribution >= 4 is 75.7 Å². The number of carbonyl (C=O) groups is 1. The Labute approximate surface area is 519 Å². The van der Waals surface area contributed by atoms with Gasteiger partial charge in [0.15, 0.2) is 18.2 Å². The molecule has 90 heavy (non-hydrogen) atoms. The summed E-state index contributed by atoms with van der Waals surface area (Å²) in [5.74, 6) is 3.55. The maximum atomic E-state index is 12.4. The Bertz CT molecular complexity index is 5030. The molecule has 456 valence electrons. The first-order chi connectivity index (χ1) is 43.4. The summed E-state index contributed by atoms with van der Waals surface area (Å²) in [6.45, 7) is 18.3. The van der Waals surface area contributed by atoms with Crippen molar-refractivity contribution in [3.63, 3.8) is 0 Å². The number of nitrogens with zero attached hydrogens (tertiary/aromatic N) is 4. The molecule has 0 saturated heterocycles. The van der Waals surface area contributed by atoms with Gasteiger partial charge in [-0.05, 0) is 182 Å². The van der Waals surface area contributed by atoms with E-state index < -0.39 is 5.41 Å². The highest BCUT2D eigenvalue weighted by atomic mass is 16.7. The third kappa shape index (κ3) is 12.6. The highest BCUT2D eigenvalue weighted by Gasteiger charge is 2.26. The molecule has 0 aliphatic carbocycles. The Kier molecular flexibility index (Phi) is 16.3. The topological polar surface area (TPSA) is 205 Å². The number of anilines is 2. The number of hydrogen-bond donors (Lipinski definition) is 6. The SMILES string of the molecule is COC1=CC(c2cc3ccccc3n2COC(=O)C(C)(C)C)=N/C1=C\c1[nH]c(C)cc1C.COc1cc(=C2C=c3cc4c(cc3=N2)OCO4)[nH]/c1=C\c1[nH]c(C)cc1C.COc1ccc(Nc2cc(=C3C=c4ccccc4=N3)[nH]/c2=C\c2[nH]c(C)cc2C)cc1. The Morgan fingerprint density at radius 3 is 1.83 bits per heavy atom. The van der Waals surface area contributed by atoms with Crippen molar-refractivity contribution in [3.05, 3.63) is 238 Å². The molecule has 0 saturated carbocycles. The molecule has 0 unspecified atom stereocenters. The van der Waals surface area contributed by atoms with E-state index in [1.807, 2.05) is 142 Å². The van der Waals surface area contributed by atoms with Gasteiger partial charge in [0, 0.05) is 73.9 Å². The van der Waals surface area contributed by atoms with E-state index in [9.17, 15) is 4.79 Å². The molecule has 4 aliphatic rings. The molecule has 4 aliphatic heterocycles. The van der Waals surface area contributed by atoms with Crippen LogP contribution in [-0.2, 0) is 21.0 Å². The number of fused-ring (bicyclic) bond motifs is 4. The van der Waals surface area contributed by atoms with Crippen LogP contribution in [0.2, 0.25) is 0 Å².